The van der Waals surface area contributed by atoms with Gasteiger partial charge in [-0.25, -0.2) is 0 Å². The Morgan fingerprint density at radius 2 is 2.11 bits per heavy atom. The highest BCUT2D eigenvalue weighted by Gasteiger charge is 2.19. The van der Waals surface area contributed by atoms with E-state index in [9.17, 15) is 15.0 Å². The number of phenols is 1. The first-order valence-electron chi connectivity index (χ1n) is 5.82. The van der Waals surface area contributed by atoms with Crippen molar-refractivity contribution in [3.63, 3.8) is 0 Å². The van der Waals surface area contributed by atoms with Crippen LogP contribution in [0, 0.1) is 0 Å². The van der Waals surface area contributed by atoms with E-state index in [2.05, 4.69) is 10.3 Å². The van der Waals surface area contributed by atoms with E-state index in [1.165, 1.54) is 12.1 Å². The van der Waals surface area contributed by atoms with E-state index in [-0.39, 0.29) is 5.75 Å². The molecule has 0 radical (unpaired) electrons. The SMILES string of the molecule is O=C(O)C(NCc1ccccn1)c1cccc(O)c1. The fourth-order valence-electron chi connectivity index (χ4n) is 1.76. The Morgan fingerprint density at radius 3 is 2.74 bits per heavy atom. The van der Waals surface area contributed by atoms with Gasteiger partial charge >= 0.3 is 5.97 Å². The fourth-order valence-corrected chi connectivity index (χ4v) is 1.76. The molecule has 0 fully saturated rings. The summed E-state index contributed by atoms with van der Waals surface area (Å²) >= 11 is 0. The molecule has 0 saturated heterocycles. The van der Waals surface area contributed by atoms with E-state index in [4.69, 9.17) is 0 Å². The lowest BCUT2D eigenvalue weighted by Gasteiger charge is -2.14. The highest BCUT2D eigenvalue weighted by atomic mass is 16.4. The second kappa shape index (κ2) is 5.97. The van der Waals surface area contributed by atoms with Crippen LogP contribution in [0.2, 0.25) is 0 Å². The molecule has 0 aliphatic rings. The Labute approximate surface area is 110 Å². The molecule has 1 heterocycles. The van der Waals surface area contributed by atoms with Crippen LogP contribution in [-0.2, 0) is 11.3 Å². The average Bonchev–Trinajstić information content (AvgIpc) is 2.40. The Balaban J connectivity index is 2.11. The van der Waals surface area contributed by atoms with Gasteiger partial charge in [0.25, 0.3) is 0 Å². The van der Waals surface area contributed by atoms with Gasteiger partial charge in [0.15, 0.2) is 0 Å². The summed E-state index contributed by atoms with van der Waals surface area (Å²) in [7, 11) is 0. The van der Waals surface area contributed by atoms with Crippen LogP contribution in [0.1, 0.15) is 17.3 Å². The van der Waals surface area contributed by atoms with Gasteiger partial charge in [-0.3, -0.25) is 15.1 Å². The van der Waals surface area contributed by atoms with E-state index in [0.717, 1.165) is 5.69 Å². The number of hydrogen-bond donors (Lipinski definition) is 3. The molecule has 0 spiro atoms. The topological polar surface area (TPSA) is 82.5 Å². The predicted molar refractivity (Wildman–Crippen MR) is 69.6 cm³/mol. The highest BCUT2D eigenvalue weighted by Crippen LogP contribution is 2.18. The van der Waals surface area contributed by atoms with Crippen LogP contribution >= 0.6 is 0 Å². The first-order valence-corrected chi connectivity index (χ1v) is 5.82. The van der Waals surface area contributed by atoms with Gasteiger partial charge in [0.05, 0.1) is 5.69 Å². The summed E-state index contributed by atoms with van der Waals surface area (Å²) in [5, 5.41) is 21.5. The van der Waals surface area contributed by atoms with Crippen molar-refractivity contribution >= 4 is 5.97 Å². The number of carbonyl (C=O) groups is 1. The lowest BCUT2D eigenvalue weighted by atomic mass is 10.1. The van der Waals surface area contributed by atoms with Gasteiger partial charge in [0, 0.05) is 12.7 Å². The number of carboxylic acids is 1. The maximum Gasteiger partial charge on any atom is 0.325 e. The van der Waals surface area contributed by atoms with Crippen molar-refractivity contribution < 1.29 is 15.0 Å². The molecule has 0 saturated carbocycles. The van der Waals surface area contributed by atoms with Crippen LogP contribution in [0.4, 0.5) is 0 Å². The van der Waals surface area contributed by atoms with E-state index in [0.29, 0.717) is 12.1 Å². The molecule has 1 aromatic heterocycles. The molecule has 0 bridgehead atoms. The maximum atomic E-state index is 11.3. The van der Waals surface area contributed by atoms with E-state index in [1.807, 2.05) is 12.1 Å². The fraction of sp³-hybridized carbons (Fsp3) is 0.143. The Bertz CT molecular complexity index is 558. The summed E-state index contributed by atoms with van der Waals surface area (Å²) in [4.78, 5) is 15.4. The largest absolute Gasteiger partial charge is 0.508 e. The second-order valence-electron chi connectivity index (χ2n) is 4.07. The van der Waals surface area contributed by atoms with Crippen molar-refractivity contribution in [1.82, 2.24) is 10.3 Å². The minimum absolute atomic E-state index is 0.0448. The summed E-state index contributed by atoms with van der Waals surface area (Å²) in [5.41, 5.74) is 1.26. The van der Waals surface area contributed by atoms with Crippen LogP contribution in [0.15, 0.2) is 48.7 Å². The van der Waals surface area contributed by atoms with Gasteiger partial charge in [0.1, 0.15) is 11.8 Å². The molecule has 19 heavy (non-hydrogen) atoms. The molecule has 3 N–H and O–H groups in total. The number of aromatic hydroxyl groups is 1. The number of benzene rings is 1. The summed E-state index contributed by atoms with van der Waals surface area (Å²) < 4.78 is 0. The van der Waals surface area contributed by atoms with Crippen LogP contribution in [0.3, 0.4) is 0 Å². The predicted octanol–water partition coefficient (Wildman–Crippen LogP) is 1.70. The molecule has 0 aliphatic heterocycles. The van der Waals surface area contributed by atoms with Crippen LogP contribution < -0.4 is 5.32 Å². The summed E-state index contributed by atoms with van der Waals surface area (Å²) in [5.74, 6) is -0.954. The molecule has 1 aromatic carbocycles. The zero-order valence-corrected chi connectivity index (χ0v) is 10.2. The molecule has 0 amide bonds. The first kappa shape index (κ1) is 13.0. The lowest BCUT2D eigenvalue weighted by molar-refractivity contribution is -0.139. The monoisotopic (exact) mass is 258 g/mol. The van der Waals surface area contributed by atoms with E-state index < -0.39 is 12.0 Å². The molecule has 1 atom stereocenters. The molecule has 0 aliphatic carbocycles. The van der Waals surface area contributed by atoms with Gasteiger partial charge in [-0.15, -0.1) is 0 Å². The van der Waals surface area contributed by atoms with Crippen molar-refractivity contribution in [2.24, 2.45) is 0 Å². The van der Waals surface area contributed by atoms with Crippen LogP contribution in [0.25, 0.3) is 0 Å². The van der Waals surface area contributed by atoms with Crippen LogP contribution in [-0.4, -0.2) is 21.2 Å². The first-order chi connectivity index (χ1) is 9.16. The smallest absolute Gasteiger partial charge is 0.325 e. The third-order valence-corrected chi connectivity index (χ3v) is 2.66. The van der Waals surface area contributed by atoms with Gasteiger partial charge in [0.2, 0.25) is 0 Å². The average molecular weight is 258 g/mol. The van der Waals surface area contributed by atoms with Crippen molar-refractivity contribution in [2.45, 2.75) is 12.6 Å². The second-order valence-corrected chi connectivity index (χ2v) is 4.07. The third-order valence-electron chi connectivity index (χ3n) is 2.66. The van der Waals surface area contributed by atoms with Gasteiger partial charge < -0.3 is 10.2 Å². The number of carboxylic acid groups (broad SMARTS) is 1. The summed E-state index contributed by atoms with van der Waals surface area (Å²) in [6.07, 6.45) is 1.65. The normalized spacial score (nSPS) is 12.0. The summed E-state index contributed by atoms with van der Waals surface area (Å²) in [6, 6.07) is 10.8. The number of pyridine rings is 1. The molecule has 98 valence electrons. The van der Waals surface area contributed by atoms with Gasteiger partial charge in [-0.1, -0.05) is 18.2 Å². The maximum absolute atomic E-state index is 11.3. The number of nitrogens with zero attached hydrogens (tertiary/aromatic N) is 1. The van der Waals surface area contributed by atoms with E-state index in [1.54, 1.807) is 24.4 Å². The molecular weight excluding hydrogens is 244 g/mol. The standard InChI is InChI=1S/C14H14N2O3/c17-12-6-3-4-10(8-12)13(14(18)19)16-9-11-5-1-2-7-15-11/h1-8,13,16-17H,9H2,(H,18,19). The minimum Gasteiger partial charge on any atom is -0.508 e. The number of aliphatic carboxylic acids is 1. The van der Waals surface area contributed by atoms with Gasteiger partial charge in [-0.2, -0.15) is 0 Å². The molecule has 1 unspecified atom stereocenters. The van der Waals surface area contributed by atoms with E-state index >= 15 is 0 Å². The van der Waals surface area contributed by atoms with Crippen molar-refractivity contribution in [1.29, 1.82) is 0 Å². The number of phenolic OH excluding ortho intramolecular Hbond substituents is 1. The molecule has 5 heteroatoms. The minimum atomic E-state index is -0.999. The Hall–Kier alpha value is -2.40. The number of nitrogens with one attached hydrogen (secondary N) is 1. The number of hydrogen-bond acceptors (Lipinski definition) is 4. The van der Waals surface area contributed by atoms with Crippen molar-refractivity contribution in [2.75, 3.05) is 0 Å². The summed E-state index contributed by atoms with van der Waals surface area (Å²) in [6.45, 7) is 0.341. The van der Waals surface area contributed by atoms with Crippen molar-refractivity contribution in [3.8, 4) is 5.75 Å². The Kier molecular flexibility index (Phi) is 4.10. The quantitative estimate of drug-likeness (QED) is 0.760. The third kappa shape index (κ3) is 3.53. The number of aromatic nitrogens is 1. The molecule has 2 aromatic rings. The van der Waals surface area contributed by atoms with Crippen molar-refractivity contribution in [3.05, 3.63) is 59.9 Å². The zero-order chi connectivity index (χ0) is 13.7. The molecule has 5 nitrogen and oxygen atoms in total. The molecule has 2 rings (SSSR count). The highest BCUT2D eigenvalue weighted by molar-refractivity contribution is 5.75. The van der Waals surface area contributed by atoms with Gasteiger partial charge in [-0.05, 0) is 29.8 Å². The molecular formula is C14H14N2O3. The van der Waals surface area contributed by atoms with Crippen LogP contribution in [0.5, 0.6) is 5.75 Å². The Morgan fingerprint density at radius 1 is 1.26 bits per heavy atom. The zero-order valence-electron chi connectivity index (χ0n) is 10.2. The lowest BCUT2D eigenvalue weighted by Crippen LogP contribution is -2.28. The number of rotatable bonds is 5.